The minimum atomic E-state index is -4.21. The molecule has 4 rings (SSSR count). The fourth-order valence-electron chi connectivity index (χ4n) is 5.53. The lowest BCUT2D eigenvalue weighted by molar-refractivity contribution is -0.140. The summed E-state index contributed by atoms with van der Waals surface area (Å²) in [5.74, 6) is 0.486. The number of nitrogens with one attached hydrogen (secondary N) is 1. The van der Waals surface area contributed by atoms with Crippen LogP contribution in [0.2, 0.25) is 5.02 Å². The molecule has 2 amide bonds. The van der Waals surface area contributed by atoms with E-state index < -0.39 is 28.5 Å². The molecule has 1 N–H and O–H groups in total. The highest BCUT2D eigenvalue weighted by Gasteiger charge is 2.34. The van der Waals surface area contributed by atoms with Crippen LogP contribution >= 0.6 is 11.6 Å². The van der Waals surface area contributed by atoms with E-state index in [1.165, 1.54) is 29.2 Å². The first-order chi connectivity index (χ1) is 21.7. The number of ether oxygens (including phenoxy) is 2. The quantitative estimate of drug-likeness (QED) is 0.222. The van der Waals surface area contributed by atoms with E-state index in [9.17, 15) is 18.0 Å². The molecule has 0 saturated heterocycles. The van der Waals surface area contributed by atoms with Crippen LogP contribution in [0.3, 0.4) is 0 Å². The number of hydrogen-bond donors (Lipinski definition) is 1. The summed E-state index contributed by atoms with van der Waals surface area (Å²) in [6.45, 7) is 3.75. The molecule has 3 aromatic rings. The fraction of sp³-hybridized carbons (Fsp3) is 0.412. The Morgan fingerprint density at radius 1 is 0.911 bits per heavy atom. The highest BCUT2D eigenvalue weighted by molar-refractivity contribution is 7.92. The average Bonchev–Trinajstić information content (AvgIpc) is 3.05. The van der Waals surface area contributed by atoms with Crippen molar-refractivity contribution in [3.05, 3.63) is 83.4 Å². The number of rotatable bonds is 14. The van der Waals surface area contributed by atoms with Crippen LogP contribution in [0.25, 0.3) is 0 Å². The number of hydrogen-bond acceptors (Lipinski definition) is 6. The van der Waals surface area contributed by atoms with Crippen molar-refractivity contribution < 1.29 is 27.5 Å². The topological polar surface area (TPSA) is 105 Å². The van der Waals surface area contributed by atoms with Crippen molar-refractivity contribution in [1.29, 1.82) is 0 Å². The van der Waals surface area contributed by atoms with E-state index in [-0.39, 0.29) is 29.1 Å². The second-order valence-corrected chi connectivity index (χ2v) is 13.3. The van der Waals surface area contributed by atoms with E-state index in [0.717, 1.165) is 42.0 Å². The lowest BCUT2D eigenvalue weighted by Crippen LogP contribution is -2.54. The standard InChI is InChI=1S/C34H42ClN3O6S/c1-4-32(34(40)36-27-9-7-6-8-10-27)37(23-25-11-17-29(43-3)18-12-25)33(39)24-38(28-15-19-30(20-16-28)44-5-2)45(41,42)31-21-13-26(35)14-22-31/h11-22,27,32H,4-10,23-24H2,1-3H3,(H,36,40)/t32-/m0/s1. The summed E-state index contributed by atoms with van der Waals surface area (Å²) in [4.78, 5) is 29.5. The lowest BCUT2D eigenvalue weighted by atomic mass is 9.95. The summed E-state index contributed by atoms with van der Waals surface area (Å²) >= 11 is 6.05. The van der Waals surface area contributed by atoms with Crippen LogP contribution in [0.1, 0.15) is 57.9 Å². The van der Waals surface area contributed by atoms with Crippen molar-refractivity contribution in [1.82, 2.24) is 10.2 Å². The molecule has 9 nitrogen and oxygen atoms in total. The minimum Gasteiger partial charge on any atom is -0.497 e. The van der Waals surface area contributed by atoms with Crippen molar-refractivity contribution >= 4 is 39.1 Å². The zero-order valence-electron chi connectivity index (χ0n) is 26.1. The third-order valence-electron chi connectivity index (χ3n) is 7.97. The Hall–Kier alpha value is -3.76. The molecule has 1 saturated carbocycles. The minimum absolute atomic E-state index is 0.0163. The Morgan fingerprint density at radius 2 is 1.53 bits per heavy atom. The molecule has 0 aliphatic heterocycles. The van der Waals surface area contributed by atoms with Crippen molar-refractivity contribution in [2.45, 2.75) is 75.9 Å². The van der Waals surface area contributed by atoms with Crippen molar-refractivity contribution in [2.24, 2.45) is 0 Å². The van der Waals surface area contributed by atoms with Gasteiger partial charge in [-0.05, 0) is 92.4 Å². The summed E-state index contributed by atoms with van der Waals surface area (Å²) in [7, 11) is -2.64. The van der Waals surface area contributed by atoms with Gasteiger partial charge in [-0.3, -0.25) is 13.9 Å². The zero-order valence-corrected chi connectivity index (χ0v) is 27.6. The number of benzene rings is 3. The van der Waals surface area contributed by atoms with Gasteiger partial charge in [0, 0.05) is 17.6 Å². The molecule has 11 heteroatoms. The zero-order chi connectivity index (χ0) is 32.4. The monoisotopic (exact) mass is 655 g/mol. The predicted molar refractivity (Wildman–Crippen MR) is 176 cm³/mol. The number of sulfonamides is 1. The van der Waals surface area contributed by atoms with Gasteiger partial charge in [0.05, 0.1) is 24.3 Å². The molecular weight excluding hydrogens is 614 g/mol. The summed E-state index contributed by atoms with van der Waals surface area (Å²) in [5, 5.41) is 3.55. The molecule has 0 heterocycles. The van der Waals surface area contributed by atoms with Gasteiger partial charge in [0.15, 0.2) is 0 Å². The number of methoxy groups -OCH3 is 1. The summed E-state index contributed by atoms with van der Waals surface area (Å²) < 4.78 is 40.0. The molecule has 242 valence electrons. The van der Waals surface area contributed by atoms with E-state index in [1.807, 2.05) is 26.0 Å². The molecule has 45 heavy (non-hydrogen) atoms. The third-order valence-corrected chi connectivity index (χ3v) is 10.0. The number of nitrogens with zero attached hydrogens (tertiary/aromatic N) is 2. The first-order valence-corrected chi connectivity index (χ1v) is 17.2. The molecule has 1 aliphatic carbocycles. The van der Waals surface area contributed by atoms with Crippen LogP contribution in [0, 0.1) is 0 Å². The average molecular weight is 656 g/mol. The van der Waals surface area contributed by atoms with Crippen molar-refractivity contribution in [3.8, 4) is 11.5 Å². The van der Waals surface area contributed by atoms with Gasteiger partial charge in [0.25, 0.3) is 10.0 Å². The number of carbonyl (C=O) groups is 2. The van der Waals surface area contributed by atoms with E-state index >= 15 is 0 Å². The van der Waals surface area contributed by atoms with Gasteiger partial charge in [-0.25, -0.2) is 8.42 Å². The number of amides is 2. The van der Waals surface area contributed by atoms with Gasteiger partial charge in [0.2, 0.25) is 11.8 Å². The fourth-order valence-corrected chi connectivity index (χ4v) is 7.07. The third kappa shape index (κ3) is 8.92. The Kier molecular flexibility index (Phi) is 12.1. The molecule has 3 aromatic carbocycles. The molecular formula is C34H42ClN3O6S. The molecule has 0 radical (unpaired) electrons. The lowest BCUT2D eigenvalue weighted by Gasteiger charge is -2.34. The maximum Gasteiger partial charge on any atom is 0.264 e. The second kappa shape index (κ2) is 16.0. The van der Waals surface area contributed by atoms with Gasteiger partial charge in [-0.1, -0.05) is 49.9 Å². The van der Waals surface area contributed by atoms with Gasteiger partial charge in [0.1, 0.15) is 24.1 Å². The Labute approximate surface area is 271 Å². The van der Waals surface area contributed by atoms with Crippen LogP contribution < -0.4 is 19.1 Å². The highest BCUT2D eigenvalue weighted by atomic mass is 35.5. The summed E-state index contributed by atoms with van der Waals surface area (Å²) in [6, 6.07) is 18.8. The van der Waals surface area contributed by atoms with Crippen molar-refractivity contribution in [3.63, 3.8) is 0 Å². The Bertz CT molecular complexity index is 1510. The van der Waals surface area contributed by atoms with Crippen LogP contribution in [0.15, 0.2) is 77.7 Å². The maximum atomic E-state index is 14.3. The van der Waals surface area contributed by atoms with Crippen LogP contribution in [0.4, 0.5) is 5.69 Å². The largest absolute Gasteiger partial charge is 0.497 e. The second-order valence-electron chi connectivity index (χ2n) is 11.0. The normalized spacial score (nSPS) is 14.3. The molecule has 1 atom stereocenters. The molecule has 1 fully saturated rings. The number of anilines is 1. The first kappa shape index (κ1) is 34.1. The van der Waals surface area contributed by atoms with Gasteiger partial charge < -0.3 is 19.7 Å². The van der Waals surface area contributed by atoms with Crippen molar-refractivity contribution in [2.75, 3.05) is 24.6 Å². The maximum absolute atomic E-state index is 14.3. The van der Waals surface area contributed by atoms with Gasteiger partial charge in [-0.15, -0.1) is 0 Å². The van der Waals surface area contributed by atoms with E-state index in [1.54, 1.807) is 43.5 Å². The Morgan fingerprint density at radius 3 is 2.11 bits per heavy atom. The summed E-state index contributed by atoms with van der Waals surface area (Å²) in [6.07, 6.45) is 5.41. The van der Waals surface area contributed by atoms with Crippen LogP contribution in [0.5, 0.6) is 11.5 Å². The molecule has 1 aliphatic rings. The number of carbonyl (C=O) groups excluding carboxylic acids is 2. The Balaban J connectivity index is 1.70. The molecule has 0 aromatic heterocycles. The molecule has 0 bridgehead atoms. The predicted octanol–water partition coefficient (Wildman–Crippen LogP) is 6.20. The van der Waals surface area contributed by atoms with E-state index in [4.69, 9.17) is 21.1 Å². The first-order valence-electron chi connectivity index (χ1n) is 15.4. The van der Waals surface area contributed by atoms with Gasteiger partial charge >= 0.3 is 0 Å². The smallest absolute Gasteiger partial charge is 0.264 e. The molecule has 0 spiro atoms. The van der Waals surface area contributed by atoms with Gasteiger partial charge in [-0.2, -0.15) is 0 Å². The van der Waals surface area contributed by atoms with Crippen LogP contribution in [-0.4, -0.2) is 57.5 Å². The highest BCUT2D eigenvalue weighted by Crippen LogP contribution is 2.28. The van der Waals surface area contributed by atoms with Crippen LogP contribution in [-0.2, 0) is 26.2 Å². The van der Waals surface area contributed by atoms with E-state index in [0.29, 0.717) is 29.5 Å². The molecule has 0 unspecified atom stereocenters. The SMILES string of the molecule is CCOc1ccc(N(CC(=O)N(Cc2ccc(OC)cc2)[C@@H](CC)C(=O)NC2CCCCC2)S(=O)(=O)c2ccc(Cl)cc2)cc1. The number of halogens is 1. The summed E-state index contributed by atoms with van der Waals surface area (Å²) in [5.41, 5.74) is 1.06. The van der Waals surface area contributed by atoms with E-state index in [2.05, 4.69) is 5.32 Å².